The number of aliphatic hydroxyl groups excluding tert-OH is 1. The molecule has 1 aliphatic rings. The van der Waals surface area contributed by atoms with Crippen molar-refractivity contribution in [1.82, 2.24) is 10.2 Å². The number of carbonyl (C=O) groups is 2. The lowest BCUT2D eigenvalue weighted by Crippen LogP contribution is -2.44. The lowest BCUT2D eigenvalue weighted by atomic mass is 10.1. The molecular weight excluding hydrogens is 301 g/mol. The summed E-state index contributed by atoms with van der Waals surface area (Å²) >= 11 is 0. The number of hydrogen-bond donors (Lipinski definition) is 2. The number of benzene rings is 1. The van der Waals surface area contributed by atoms with Gasteiger partial charge in [-0.2, -0.15) is 13.2 Å². The number of urea groups is 1. The summed E-state index contributed by atoms with van der Waals surface area (Å²) in [7, 11) is 0. The van der Waals surface area contributed by atoms with Gasteiger partial charge in [-0.05, 0) is 18.4 Å². The fourth-order valence-corrected chi connectivity index (χ4v) is 2.18. The predicted octanol–water partition coefficient (Wildman–Crippen LogP) is 1.46. The molecule has 2 atom stereocenters. The van der Waals surface area contributed by atoms with Crippen LogP contribution in [0.2, 0.25) is 0 Å². The Morgan fingerprint density at radius 1 is 1.23 bits per heavy atom. The van der Waals surface area contributed by atoms with Gasteiger partial charge in [0, 0.05) is 0 Å². The van der Waals surface area contributed by atoms with Crippen LogP contribution in [0.3, 0.4) is 0 Å². The van der Waals surface area contributed by atoms with Crippen LogP contribution in [0.4, 0.5) is 18.0 Å². The number of hydrogen-bond acceptors (Lipinski definition) is 3. The maximum Gasteiger partial charge on any atom is 0.416 e. The second kappa shape index (κ2) is 6.35. The molecule has 1 saturated heterocycles. The van der Waals surface area contributed by atoms with E-state index in [2.05, 4.69) is 5.32 Å². The normalized spacial score (nSPS) is 20.2. The summed E-state index contributed by atoms with van der Waals surface area (Å²) in [6.07, 6.45) is -6.82. The number of carbonyl (C=O) groups excluding carboxylic acids is 2. The smallest absolute Gasteiger partial charge is 0.382 e. The van der Waals surface area contributed by atoms with Crippen LogP contribution in [0.25, 0.3) is 0 Å². The highest BCUT2D eigenvalue weighted by Crippen LogP contribution is 2.22. The number of rotatable bonds is 5. The van der Waals surface area contributed by atoms with E-state index in [1.807, 2.05) is 30.3 Å². The molecule has 0 unspecified atom stereocenters. The fourth-order valence-electron chi connectivity index (χ4n) is 2.18. The fraction of sp³-hybridized carbons (Fsp3) is 0.429. The van der Waals surface area contributed by atoms with Crippen LogP contribution < -0.4 is 5.32 Å². The van der Waals surface area contributed by atoms with Gasteiger partial charge in [-0.25, -0.2) is 4.79 Å². The van der Waals surface area contributed by atoms with E-state index < -0.39 is 36.8 Å². The second-order valence-corrected chi connectivity index (χ2v) is 5.03. The van der Waals surface area contributed by atoms with Crippen LogP contribution >= 0.6 is 0 Å². The van der Waals surface area contributed by atoms with E-state index in [0.29, 0.717) is 11.3 Å². The van der Waals surface area contributed by atoms with E-state index in [9.17, 15) is 22.8 Å². The second-order valence-electron chi connectivity index (χ2n) is 5.03. The number of halogens is 3. The van der Waals surface area contributed by atoms with Crippen LogP contribution in [0.1, 0.15) is 12.0 Å². The van der Waals surface area contributed by atoms with Crippen molar-refractivity contribution in [3.63, 3.8) is 0 Å². The van der Waals surface area contributed by atoms with Crippen LogP contribution in [-0.2, 0) is 11.2 Å². The number of aryl methyl sites for hydroxylation is 1. The molecule has 0 aromatic heterocycles. The Labute approximate surface area is 124 Å². The minimum absolute atomic E-state index is 0.285. The quantitative estimate of drug-likeness (QED) is 0.808. The molecule has 3 amide bonds. The third-order valence-electron chi connectivity index (χ3n) is 3.40. The summed E-state index contributed by atoms with van der Waals surface area (Å²) in [5.74, 6) is -0.746. The first-order valence-corrected chi connectivity index (χ1v) is 6.69. The topological polar surface area (TPSA) is 69.6 Å². The molecular formula is C14H15F3N2O3. The Morgan fingerprint density at radius 2 is 1.86 bits per heavy atom. The molecule has 0 bridgehead atoms. The molecule has 1 aromatic carbocycles. The maximum absolute atomic E-state index is 12.3. The van der Waals surface area contributed by atoms with E-state index >= 15 is 0 Å². The van der Waals surface area contributed by atoms with Crippen molar-refractivity contribution in [2.45, 2.75) is 31.2 Å². The first-order chi connectivity index (χ1) is 10.3. The minimum atomic E-state index is -4.87. The monoisotopic (exact) mass is 316 g/mol. The standard InChI is InChI=1S/C14H15F3N2O3/c15-14(16,17)11(20)8-19-12(21)10(18-13(19)22)7-6-9-4-2-1-3-5-9/h1-5,10-11,20H,6-8H2,(H,18,22)/t10-,11-/m0/s1. The molecule has 120 valence electrons. The molecule has 1 aliphatic heterocycles. The summed E-state index contributed by atoms with van der Waals surface area (Å²) in [6, 6.07) is 7.43. The van der Waals surface area contributed by atoms with Gasteiger partial charge in [0.1, 0.15) is 6.04 Å². The molecule has 0 saturated carbocycles. The van der Waals surface area contributed by atoms with Crippen LogP contribution in [-0.4, -0.2) is 46.8 Å². The van der Waals surface area contributed by atoms with Crippen molar-refractivity contribution in [1.29, 1.82) is 0 Å². The molecule has 5 nitrogen and oxygen atoms in total. The van der Waals surface area contributed by atoms with E-state index in [-0.39, 0.29) is 6.42 Å². The lowest BCUT2D eigenvalue weighted by molar-refractivity contribution is -0.206. The maximum atomic E-state index is 12.3. The number of β-amino-alcohol motifs (C(OH)–C–C–N with tert-alkyl or cyclic N) is 1. The Kier molecular flexibility index (Phi) is 4.70. The van der Waals surface area contributed by atoms with Gasteiger partial charge < -0.3 is 10.4 Å². The zero-order valence-corrected chi connectivity index (χ0v) is 11.5. The third-order valence-corrected chi connectivity index (χ3v) is 3.40. The van der Waals surface area contributed by atoms with Gasteiger partial charge in [-0.1, -0.05) is 30.3 Å². The summed E-state index contributed by atoms with van der Waals surface area (Å²) in [5.41, 5.74) is 0.957. The zero-order valence-electron chi connectivity index (χ0n) is 11.5. The van der Waals surface area contributed by atoms with Gasteiger partial charge in [0.2, 0.25) is 0 Å². The third kappa shape index (κ3) is 3.76. The number of nitrogens with zero attached hydrogens (tertiary/aromatic N) is 1. The van der Waals surface area contributed by atoms with Gasteiger partial charge in [-0.15, -0.1) is 0 Å². The number of imide groups is 1. The molecule has 2 N–H and O–H groups in total. The highest BCUT2D eigenvalue weighted by molar-refractivity contribution is 6.04. The number of alkyl halides is 3. The summed E-state index contributed by atoms with van der Waals surface area (Å²) in [5, 5.41) is 11.3. The molecule has 1 fully saturated rings. The molecule has 0 spiro atoms. The van der Waals surface area contributed by atoms with Gasteiger partial charge in [0.05, 0.1) is 6.54 Å². The molecule has 1 heterocycles. The molecule has 8 heteroatoms. The van der Waals surface area contributed by atoms with Gasteiger partial charge in [-0.3, -0.25) is 9.69 Å². The first kappa shape index (κ1) is 16.3. The van der Waals surface area contributed by atoms with Crippen molar-refractivity contribution in [2.24, 2.45) is 0 Å². The molecule has 0 radical (unpaired) electrons. The highest BCUT2D eigenvalue weighted by Gasteiger charge is 2.45. The number of aliphatic hydroxyl groups is 1. The lowest BCUT2D eigenvalue weighted by Gasteiger charge is -2.19. The molecule has 22 heavy (non-hydrogen) atoms. The highest BCUT2D eigenvalue weighted by atomic mass is 19.4. The predicted molar refractivity (Wildman–Crippen MR) is 70.9 cm³/mol. The zero-order chi connectivity index (χ0) is 16.3. The summed E-state index contributed by atoms with van der Waals surface area (Å²) < 4.78 is 36.9. The van der Waals surface area contributed by atoms with Crippen molar-refractivity contribution in [3.05, 3.63) is 35.9 Å². The summed E-state index contributed by atoms with van der Waals surface area (Å²) in [6.45, 7) is -1.09. The van der Waals surface area contributed by atoms with Gasteiger partial charge in [0.25, 0.3) is 5.91 Å². The van der Waals surface area contributed by atoms with E-state index in [1.165, 1.54) is 0 Å². The van der Waals surface area contributed by atoms with Crippen LogP contribution in [0.5, 0.6) is 0 Å². The van der Waals surface area contributed by atoms with Gasteiger partial charge in [0.15, 0.2) is 6.10 Å². The Morgan fingerprint density at radius 3 is 2.45 bits per heavy atom. The summed E-state index contributed by atoms with van der Waals surface area (Å²) in [4.78, 5) is 24.0. The van der Waals surface area contributed by atoms with Gasteiger partial charge >= 0.3 is 12.2 Å². The molecule has 0 aliphatic carbocycles. The average Bonchev–Trinajstić information content (AvgIpc) is 2.73. The number of nitrogens with one attached hydrogen (secondary N) is 1. The Balaban J connectivity index is 1.94. The van der Waals surface area contributed by atoms with Crippen molar-refractivity contribution in [2.75, 3.05) is 6.54 Å². The average molecular weight is 316 g/mol. The van der Waals surface area contributed by atoms with Crippen LogP contribution in [0.15, 0.2) is 30.3 Å². The molecule has 2 rings (SSSR count). The SMILES string of the molecule is O=C1N[C@@H](CCc2ccccc2)C(=O)N1C[C@H](O)C(F)(F)F. The Bertz CT molecular complexity index is 548. The van der Waals surface area contributed by atoms with Crippen molar-refractivity contribution < 1.29 is 27.9 Å². The van der Waals surface area contributed by atoms with Crippen molar-refractivity contribution >= 4 is 11.9 Å². The Hall–Kier alpha value is -2.09. The molecule has 1 aromatic rings. The number of amides is 3. The first-order valence-electron chi connectivity index (χ1n) is 6.69. The van der Waals surface area contributed by atoms with E-state index in [0.717, 1.165) is 5.56 Å². The minimum Gasteiger partial charge on any atom is -0.382 e. The van der Waals surface area contributed by atoms with Crippen molar-refractivity contribution in [3.8, 4) is 0 Å². The van der Waals surface area contributed by atoms with E-state index in [1.54, 1.807) is 0 Å². The van der Waals surface area contributed by atoms with E-state index in [4.69, 9.17) is 5.11 Å². The van der Waals surface area contributed by atoms with Crippen LogP contribution in [0, 0.1) is 0 Å². The largest absolute Gasteiger partial charge is 0.416 e.